The Balaban J connectivity index is 2.24. The van der Waals surface area contributed by atoms with Crippen molar-refractivity contribution in [3.05, 3.63) is 51.3 Å². The van der Waals surface area contributed by atoms with Gasteiger partial charge < -0.3 is 14.5 Å². The lowest BCUT2D eigenvalue weighted by atomic mass is 9.98. The second-order valence-corrected chi connectivity index (χ2v) is 8.30. The number of hydrogen-bond acceptors (Lipinski definition) is 8. The summed E-state index contributed by atoms with van der Waals surface area (Å²) >= 11 is 6.44. The van der Waals surface area contributed by atoms with E-state index in [1.807, 2.05) is 0 Å². The molecule has 2 heterocycles. The van der Waals surface area contributed by atoms with Crippen molar-refractivity contribution in [3.63, 3.8) is 0 Å². The first kappa shape index (κ1) is 21.1. The van der Waals surface area contributed by atoms with Crippen LogP contribution in [0.4, 0.5) is 5.69 Å². The Hall–Kier alpha value is -2.63. The molecule has 1 aromatic heterocycles. The molecule has 1 fully saturated rings. The van der Waals surface area contributed by atoms with E-state index in [4.69, 9.17) is 25.9 Å². The number of sulfonamides is 1. The van der Waals surface area contributed by atoms with Crippen molar-refractivity contribution in [2.75, 3.05) is 19.0 Å². The number of carbonyl (C=O) groups excluding carboxylic acids is 1. The van der Waals surface area contributed by atoms with Gasteiger partial charge in [-0.05, 0) is 31.0 Å². The van der Waals surface area contributed by atoms with E-state index in [-0.39, 0.29) is 28.4 Å². The Morgan fingerprint density at radius 3 is 2.86 bits per heavy atom. The minimum atomic E-state index is -4.26. The maximum absolute atomic E-state index is 12.4. The van der Waals surface area contributed by atoms with Crippen molar-refractivity contribution in [1.29, 1.82) is 0 Å². The molecule has 0 bridgehead atoms. The van der Waals surface area contributed by atoms with E-state index >= 15 is 0 Å². The summed E-state index contributed by atoms with van der Waals surface area (Å²) in [5.41, 5.74) is 0.383. The molecule has 1 aromatic carbocycles. The normalized spacial score (nSPS) is 16.7. The first-order valence-corrected chi connectivity index (χ1v) is 10.5. The zero-order chi connectivity index (χ0) is 21.2. The molecular formula is C17H19ClN4O6S. The Morgan fingerprint density at radius 1 is 1.52 bits per heavy atom. The number of esters is 1. The van der Waals surface area contributed by atoms with Gasteiger partial charge in [0, 0.05) is 12.1 Å². The molecular weight excluding hydrogens is 424 g/mol. The van der Waals surface area contributed by atoms with E-state index in [2.05, 4.69) is 10.6 Å². The highest BCUT2D eigenvalue weighted by Crippen LogP contribution is 2.44. The van der Waals surface area contributed by atoms with Crippen molar-refractivity contribution in [2.45, 2.75) is 30.3 Å². The van der Waals surface area contributed by atoms with Crippen LogP contribution in [0.25, 0.3) is 0 Å². The Bertz CT molecular complexity index is 1030. The number of benzene rings is 1. The Labute approximate surface area is 171 Å². The molecule has 1 aliphatic heterocycles. The summed E-state index contributed by atoms with van der Waals surface area (Å²) in [5, 5.41) is 12.4. The van der Waals surface area contributed by atoms with Gasteiger partial charge in [-0.2, -0.15) is 0 Å². The minimum absolute atomic E-state index is 0.0831. The van der Waals surface area contributed by atoms with Crippen LogP contribution in [0.2, 0.25) is 5.02 Å². The molecule has 156 valence electrons. The monoisotopic (exact) mass is 442 g/mol. The number of nitrogens with one attached hydrogen (secondary N) is 1. The summed E-state index contributed by atoms with van der Waals surface area (Å²) in [5.74, 6) is -0.228. The van der Waals surface area contributed by atoms with Crippen LogP contribution in [0.5, 0.6) is 0 Å². The summed E-state index contributed by atoms with van der Waals surface area (Å²) in [6, 6.07) is 3.85. The fraction of sp³-hybridized carbons (Fsp3) is 0.353. The molecule has 1 saturated heterocycles. The van der Waals surface area contributed by atoms with E-state index < -0.39 is 26.9 Å². The SMILES string of the molecule is COC(=O)c1cc(S(N)(=O)=O)c(Cl)c([C@@H]2CCCN2N=O)c1NCc1ccco1. The number of primary sulfonamides is 1. The average molecular weight is 443 g/mol. The van der Waals surface area contributed by atoms with Crippen molar-refractivity contribution < 1.29 is 22.4 Å². The highest BCUT2D eigenvalue weighted by molar-refractivity contribution is 7.89. The van der Waals surface area contributed by atoms with Crippen LogP contribution in [0.15, 0.2) is 39.1 Å². The van der Waals surface area contributed by atoms with E-state index in [1.165, 1.54) is 18.4 Å². The van der Waals surface area contributed by atoms with E-state index in [0.29, 0.717) is 25.1 Å². The maximum atomic E-state index is 12.4. The first-order valence-electron chi connectivity index (χ1n) is 8.61. The van der Waals surface area contributed by atoms with Crippen molar-refractivity contribution in [2.24, 2.45) is 10.4 Å². The quantitative estimate of drug-likeness (QED) is 0.491. The summed E-state index contributed by atoms with van der Waals surface area (Å²) in [6.07, 6.45) is 2.61. The van der Waals surface area contributed by atoms with Gasteiger partial charge in [0.1, 0.15) is 10.7 Å². The van der Waals surface area contributed by atoms with Crippen LogP contribution in [0, 0.1) is 4.91 Å². The number of nitrogens with zero attached hydrogens (tertiary/aromatic N) is 2. The molecule has 12 heteroatoms. The molecule has 0 radical (unpaired) electrons. The molecule has 1 atom stereocenters. The number of nitroso groups, excluding NO2 is 1. The molecule has 0 spiro atoms. The van der Waals surface area contributed by atoms with Gasteiger partial charge in [0.25, 0.3) is 0 Å². The number of halogens is 1. The highest BCUT2D eigenvalue weighted by atomic mass is 35.5. The molecule has 1 aliphatic rings. The van der Waals surface area contributed by atoms with Gasteiger partial charge in [-0.25, -0.2) is 18.4 Å². The van der Waals surface area contributed by atoms with Crippen molar-refractivity contribution >= 4 is 33.3 Å². The highest BCUT2D eigenvalue weighted by Gasteiger charge is 2.35. The van der Waals surface area contributed by atoms with Crippen LogP contribution in [-0.4, -0.2) is 33.1 Å². The van der Waals surface area contributed by atoms with Gasteiger partial charge in [0.05, 0.1) is 47.5 Å². The van der Waals surface area contributed by atoms with Gasteiger partial charge in [0.2, 0.25) is 10.0 Å². The molecule has 0 saturated carbocycles. The fourth-order valence-corrected chi connectivity index (χ4v) is 4.61. The molecule has 10 nitrogen and oxygen atoms in total. The number of nitrogens with two attached hydrogens (primary N) is 1. The summed E-state index contributed by atoms with van der Waals surface area (Å²) in [4.78, 5) is 23.3. The van der Waals surface area contributed by atoms with E-state index in [0.717, 1.165) is 6.07 Å². The standard InChI is InChI=1S/C17H19ClN4O6S/c1-27-17(23)11-8-13(29(19,25)26)15(18)14(12-5-2-6-22(12)21-24)16(11)20-9-10-4-3-7-28-10/h3-4,7-8,12,20H,2,5-6,9H2,1H3,(H2,19,25,26)/t12-/m0/s1. The zero-order valence-electron chi connectivity index (χ0n) is 15.4. The Kier molecular flexibility index (Phi) is 6.10. The van der Waals surface area contributed by atoms with Crippen LogP contribution < -0.4 is 10.5 Å². The van der Waals surface area contributed by atoms with Crippen LogP contribution in [-0.2, 0) is 21.3 Å². The lowest BCUT2D eigenvalue weighted by Crippen LogP contribution is -2.22. The van der Waals surface area contributed by atoms with E-state index in [9.17, 15) is 18.1 Å². The lowest BCUT2D eigenvalue weighted by molar-refractivity contribution is 0.0601. The fourth-order valence-electron chi connectivity index (χ4n) is 3.37. The molecule has 0 aliphatic carbocycles. The summed E-state index contributed by atoms with van der Waals surface area (Å²) < 4.78 is 34.3. The van der Waals surface area contributed by atoms with Crippen LogP contribution >= 0.6 is 11.6 Å². The zero-order valence-corrected chi connectivity index (χ0v) is 17.0. The molecule has 3 N–H and O–H groups in total. The summed E-state index contributed by atoms with van der Waals surface area (Å²) in [6.45, 7) is 0.547. The predicted molar refractivity (Wildman–Crippen MR) is 105 cm³/mol. The number of carbonyl (C=O) groups is 1. The number of rotatable bonds is 7. The topological polar surface area (TPSA) is 144 Å². The number of furan rings is 1. The Morgan fingerprint density at radius 2 is 2.28 bits per heavy atom. The second-order valence-electron chi connectivity index (χ2n) is 6.40. The van der Waals surface area contributed by atoms with E-state index in [1.54, 1.807) is 12.1 Å². The second kappa shape index (κ2) is 8.39. The third-order valence-electron chi connectivity index (χ3n) is 4.66. The van der Waals surface area contributed by atoms with Gasteiger partial charge in [-0.3, -0.25) is 5.01 Å². The molecule has 29 heavy (non-hydrogen) atoms. The molecule has 0 unspecified atom stereocenters. The minimum Gasteiger partial charge on any atom is -0.467 e. The van der Waals surface area contributed by atoms with Gasteiger partial charge in [-0.15, -0.1) is 4.91 Å². The first-order chi connectivity index (χ1) is 13.8. The predicted octanol–water partition coefficient (Wildman–Crippen LogP) is 2.80. The largest absolute Gasteiger partial charge is 0.467 e. The van der Waals surface area contributed by atoms with Crippen molar-refractivity contribution in [1.82, 2.24) is 5.01 Å². The van der Waals surface area contributed by atoms with Gasteiger partial charge >= 0.3 is 5.97 Å². The van der Waals surface area contributed by atoms with Crippen LogP contribution in [0.3, 0.4) is 0 Å². The van der Waals surface area contributed by atoms with Crippen molar-refractivity contribution in [3.8, 4) is 0 Å². The molecule has 0 amide bonds. The van der Waals surface area contributed by atoms with Gasteiger partial charge in [0.15, 0.2) is 0 Å². The number of ether oxygens (including phenoxy) is 1. The maximum Gasteiger partial charge on any atom is 0.340 e. The van der Waals surface area contributed by atoms with Gasteiger partial charge in [-0.1, -0.05) is 11.6 Å². The average Bonchev–Trinajstić information content (AvgIpc) is 3.36. The third-order valence-corrected chi connectivity index (χ3v) is 6.12. The summed E-state index contributed by atoms with van der Waals surface area (Å²) in [7, 11) is -3.10. The molecule has 2 aromatic rings. The third kappa shape index (κ3) is 4.21. The smallest absolute Gasteiger partial charge is 0.340 e. The van der Waals surface area contributed by atoms with Crippen LogP contribution in [0.1, 0.15) is 40.6 Å². The number of anilines is 1. The lowest BCUT2D eigenvalue weighted by Gasteiger charge is -2.25. The number of hydrogen-bond donors (Lipinski definition) is 2. The molecule has 3 rings (SSSR count). The number of methoxy groups -OCH3 is 1.